The molecule has 6 heteroatoms. The van der Waals surface area contributed by atoms with Crippen LogP contribution in [0.2, 0.25) is 0 Å². The second-order valence-corrected chi connectivity index (χ2v) is 8.39. The summed E-state index contributed by atoms with van der Waals surface area (Å²) >= 11 is 1.82. The Labute approximate surface area is 182 Å². The number of guanidine groups is 1. The van der Waals surface area contributed by atoms with Crippen molar-refractivity contribution in [2.75, 3.05) is 24.5 Å². The molecule has 3 aromatic rings. The molecule has 0 spiro atoms. The summed E-state index contributed by atoms with van der Waals surface area (Å²) in [6.07, 6.45) is 4.08. The lowest BCUT2D eigenvalue weighted by Crippen LogP contribution is -2.48. The van der Waals surface area contributed by atoms with Crippen molar-refractivity contribution in [1.29, 1.82) is 0 Å². The minimum absolute atomic E-state index is 0.457. The molecule has 156 valence electrons. The van der Waals surface area contributed by atoms with Crippen molar-refractivity contribution >= 4 is 22.3 Å². The topological polar surface area (TPSA) is 52.6 Å². The minimum Gasteiger partial charge on any atom is -0.363 e. The van der Waals surface area contributed by atoms with E-state index in [2.05, 4.69) is 69.2 Å². The molecule has 0 atom stereocenters. The summed E-state index contributed by atoms with van der Waals surface area (Å²) in [5.41, 5.74) is 3.30. The van der Waals surface area contributed by atoms with E-state index in [1.807, 2.05) is 35.7 Å². The standard InChI is InChI=1S/C24H29N5S/c1-2-25-24(28-21-11-14-29(15-12-21)23-10-6-16-30-23)27-18-19-7-5-8-20(17-19)22-9-3-4-13-26-22/h3-10,13,16-17,21H,2,11-12,14-15,18H2,1H3,(H2,25,27,28). The first-order valence-corrected chi connectivity index (χ1v) is 11.5. The van der Waals surface area contributed by atoms with Gasteiger partial charge < -0.3 is 15.5 Å². The molecular weight excluding hydrogens is 390 g/mol. The number of aliphatic imine (C=N–C) groups is 1. The molecule has 0 unspecified atom stereocenters. The minimum atomic E-state index is 0.457. The van der Waals surface area contributed by atoms with Gasteiger partial charge in [0.2, 0.25) is 0 Å². The number of rotatable bonds is 6. The fourth-order valence-electron chi connectivity index (χ4n) is 3.74. The zero-order chi connectivity index (χ0) is 20.6. The quantitative estimate of drug-likeness (QED) is 0.455. The van der Waals surface area contributed by atoms with Crippen LogP contribution in [0.3, 0.4) is 0 Å². The summed E-state index contributed by atoms with van der Waals surface area (Å²) in [6, 6.07) is 19.3. The normalized spacial score (nSPS) is 15.2. The molecule has 30 heavy (non-hydrogen) atoms. The van der Waals surface area contributed by atoms with Gasteiger partial charge in [-0.15, -0.1) is 11.3 Å². The van der Waals surface area contributed by atoms with Crippen LogP contribution in [0.1, 0.15) is 25.3 Å². The van der Waals surface area contributed by atoms with E-state index in [4.69, 9.17) is 4.99 Å². The van der Waals surface area contributed by atoms with Crippen molar-refractivity contribution in [3.8, 4) is 11.3 Å². The second kappa shape index (κ2) is 10.3. The van der Waals surface area contributed by atoms with E-state index in [0.29, 0.717) is 12.6 Å². The van der Waals surface area contributed by atoms with Crippen LogP contribution < -0.4 is 15.5 Å². The molecule has 2 N–H and O–H groups in total. The zero-order valence-corrected chi connectivity index (χ0v) is 18.2. The van der Waals surface area contributed by atoms with E-state index in [1.165, 1.54) is 10.6 Å². The number of nitrogens with one attached hydrogen (secondary N) is 2. The van der Waals surface area contributed by atoms with Crippen molar-refractivity contribution in [2.24, 2.45) is 4.99 Å². The molecule has 3 heterocycles. The van der Waals surface area contributed by atoms with Gasteiger partial charge in [-0.05, 0) is 61.0 Å². The largest absolute Gasteiger partial charge is 0.363 e. The van der Waals surface area contributed by atoms with Gasteiger partial charge in [-0.1, -0.05) is 24.3 Å². The van der Waals surface area contributed by atoms with Gasteiger partial charge in [0.1, 0.15) is 0 Å². The lowest BCUT2D eigenvalue weighted by atomic mass is 10.1. The molecule has 1 aliphatic rings. The monoisotopic (exact) mass is 419 g/mol. The van der Waals surface area contributed by atoms with Crippen molar-refractivity contribution < 1.29 is 0 Å². The predicted molar refractivity (Wildman–Crippen MR) is 127 cm³/mol. The van der Waals surface area contributed by atoms with Gasteiger partial charge in [-0.3, -0.25) is 4.98 Å². The Balaban J connectivity index is 1.36. The fraction of sp³-hybridized carbons (Fsp3) is 0.333. The zero-order valence-electron chi connectivity index (χ0n) is 17.4. The molecule has 5 nitrogen and oxygen atoms in total. The molecule has 2 aromatic heterocycles. The third-order valence-corrected chi connectivity index (χ3v) is 6.23. The number of aromatic nitrogens is 1. The molecule has 0 saturated carbocycles. The highest BCUT2D eigenvalue weighted by atomic mass is 32.1. The van der Waals surface area contributed by atoms with Crippen LogP contribution in [0.25, 0.3) is 11.3 Å². The average molecular weight is 420 g/mol. The number of pyridine rings is 1. The number of hydrogen-bond donors (Lipinski definition) is 2. The van der Waals surface area contributed by atoms with Gasteiger partial charge in [0.15, 0.2) is 5.96 Å². The SMILES string of the molecule is CCNC(=NCc1cccc(-c2ccccn2)c1)NC1CCN(c2cccs2)CC1. The van der Waals surface area contributed by atoms with Gasteiger partial charge in [0, 0.05) is 37.4 Å². The maximum atomic E-state index is 4.84. The van der Waals surface area contributed by atoms with Crippen LogP contribution in [0.4, 0.5) is 5.00 Å². The Hall–Kier alpha value is -2.86. The van der Waals surface area contributed by atoms with E-state index in [0.717, 1.165) is 49.7 Å². The molecule has 0 radical (unpaired) electrons. The summed E-state index contributed by atoms with van der Waals surface area (Å²) in [7, 11) is 0. The number of piperidine rings is 1. The maximum Gasteiger partial charge on any atom is 0.191 e. The number of anilines is 1. The van der Waals surface area contributed by atoms with Gasteiger partial charge >= 0.3 is 0 Å². The highest BCUT2D eigenvalue weighted by molar-refractivity contribution is 7.14. The molecule has 0 aliphatic carbocycles. The van der Waals surface area contributed by atoms with Crippen LogP contribution in [0.5, 0.6) is 0 Å². The lowest BCUT2D eigenvalue weighted by molar-refractivity contribution is 0.463. The third kappa shape index (κ3) is 5.39. The van der Waals surface area contributed by atoms with Crippen LogP contribution in [0, 0.1) is 0 Å². The average Bonchev–Trinajstić information content (AvgIpc) is 3.34. The number of hydrogen-bond acceptors (Lipinski definition) is 4. The molecule has 4 rings (SSSR count). The summed E-state index contributed by atoms with van der Waals surface area (Å²) in [4.78, 5) is 11.8. The summed E-state index contributed by atoms with van der Waals surface area (Å²) in [5, 5.41) is 10.6. The first kappa shape index (κ1) is 20.4. The predicted octanol–water partition coefficient (Wildman–Crippen LogP) is 4.53. The first-order chi connectivity index (χ1) is 14.8. The molecule has 1 saturated heterocycles. The number of thiophene rings is 1. The Morgan fingerprint density at radius 1 is 1.13 bits per heavy atom. The molecule has 0 amide bonds. The summed E-state index contributed by atoms with van der Waals surface area (Å²) in [6.45, 7) is 5.78. The highest BCUT2D eigenvalue weighted by Gasteiger charge is 2.20. The number of benzene rings is 1. The van der Waals surface area contributed by atoms with Gasteiger partial charge in [0.25, 0.3) is 0 Å². The van der Waals surface area contributed by atoms with Crippen LogP contribution in [-0.2, 0) is 6.54 Å². The van der Waals surface area contributed by atoms with Gasteiger partial charge in [-0.25, -0.2) is 4.99 Å². The van der Waals surface area contributed by atoms with E-state index in [-0.39, 0.29) is 0 Å². The van der Waals surface area contributed by atoms with Crippen LogP contribution in [-0.4, -0.2) is 36.6 Å². The summed E-state index contributed by atoms with van der Waals surface area (Å²) in [5.74, 6) is 0.898. The Bertz CT molecular complexity index is 931. The Kier molecular flexibility index (Phi) is 6.98. The van der Waals surface area contributed by atoms with Gasteiger partial charge in [-0.2, -0.15) is 0 Å². The fourth-order valence-corrected chi connectivity index (χ4v) is 4.53. The van der Waals surface area contributed by atoms with Gasteiger partial charge in [0.05, 0.1) is 17.2 Å². The maximum absolute atomic E-state index is 4.84. The van der Waals surface area contributed by atoms with Crippen molar-refractivity contribution in [3.63, 3.8) is 0 Å². The van der Waals surface area contributed by atoms with E-state index in [1.54, 1.807) is 0 Å². The van der Waals surface area contributed by atoms with Crippen molar-refractivity contribution in [3.05, 3.63) is 71.7 Å². The molecule has 0 bridgehead atoms. The van der Waals surface area contributed by atoms with Crippen LogP contribution >= 0.6 is 11.3 Å². The molecule has 1 fully saturated rings. The molecule has 1 aliphatic heterocycles. The highest BCUT2D eigenvalue weighted by Crippen LogP contribution is 2.24. The van der Waals surface area contributed by atoms with Crippen LogP contribution in [0.15, 0.2) is 71.2 Å². The van der Waals surface area contributed by atoms with Crippen molar-refractivity contribution in [1.82, 2.24) is 15.6 Å². The Morgan fingerprint density at radius 3 is 2.77 bits per heavy atom. The summed E-state index contributed by atoms with van der Waals surface area (Å²) < 4.78 is 0. The van der Waals surface area contributed by atoms with E-state index in [9.17, 15) is 0 Å². The smallest absolute Gasteiger partial charge is 0.191 e. The lowest BCUT2D eigenvalue weighted by Gasteiger charge is -2.33. The molecular formula is C24H29N5S. The first-order valence-electron chi connectivity index (χ1n) is 10.7. The Morgan fingerprint density at radius 2 is 2.03 bits per heavy atom. The molecule has 1 aromatic carbocycles. The van der Waals surface area contributed by atoms with Crippen molar-refractivity contribution in [2.45, 2.75) is 32.4 Å². The second-order valence-electron chi connectivity index (χ2n) is 7.47. The van der Waals surface area contributed by atoms with E-state index >= 15 is 0 Å². The number of nitrogens with zero attached hydrogens (tertiary/aromatic N) is 3. The van der Waals surface area contributed by atoms with E-state index < -0.39 is 0 Å². The third-order valence-electron chi connectivity index (χ3n) is 5.31.